The lowest BCUT2D eigenvalue weighted by Gasteiger charge is -2.06. The Morgan fingerprint density at radius 1 is 1.26 bits per heavy atom. The smallest absolute Gasteiger partial charge is 0.244 e. The number of hydrogen-bond acceptors (Lipinski definition) is 4. The van der Waals surface area contributed by atoms with Gasteiger partial charge < -0.3 is 9.84 Å². The van der Waals surface area contributed by atoms with Crippen molar-refractivity contribution in [1.82, 2.24) is 5.43 Å². The molecule has 2 N–H and O–H groups in total. The van der Waals surface area contributed by atoms with Crippen molar-refractivity contribution >= 4 is 12.1 Å². The van der Waals surface area contributed by atoms with Crippen LogP contribution in [0.25, 0.3) is 0 Å². The molecule has 0 fully saturated rings. The van der Waals surface area contributed by atoms with E-state index in [0.29, 0.717) is 11.3 Å². The molecule has 5 nitrogen and oxygen atoms in total. The first-order valence-electron chi connectivity index (χ1n) is 7.24. The minimum Gasteiger partial charge on any atom is -0.507 e. The molecule has 0 aliphatic carbocycles. The number of hydrogen-bond donors (Lipinski definition) is 2. The molecule has 0 saturated carbocycles. The normalized spacial score (nSPS) is 10.7. The van der Waals surface area contributed by atoms with Crippen LogP contribution >= 0.6 is 0 Å². The Morgan fingerprint density at radius 2 is 2.04 bits per heavy atom. The molecule has 120 valence electrons. The molecule has 0 aromatic heterocycles. The van der Waals surface area contributed by atoms with Gasteiger partial charge in [-0.2, -0.15) is 5.10 Å². The quantitative estimate of drug-likeness (QED) is 0.659. The van der Waals surface area contributed by atoms with E-state index in [0.717, 1.165) is 16.7 Å². The van der Waals surface area contributed by atoms with Gasteiger partial charge in [0.1, 0.15) is 11.5 Å². The SMILES string of the molecule is COc1ccc(O)c(/C=N/NC(=O)Cc2cc(C)ccc2C)c1. The molecule has 1 amide bonds. The molecule has 2 aromatic rings. The van der Waals surface area contributed by atoms with E-state index in [1.165, 1.54) is 12.3 Å². The maximum atomic E-state index is 12.0. The van der Waals surface area contributed by atoms with Crippen LogP contribution < -0.4 is 10.2 Å². The molecule has 0 atom stereocenters. The van der Waals surface area contributed by atoms with E-state index < -0.39 is 0 Å². The van der Waals surface area contributed by atoms with Gasteiger partial charge in [0.25, 0.3) is 0 Å². The summed E-state index contributed by atoms with van der Waals surface area (Å²) >= 11 is 0. The van der Waals surface area contributed by atoms with Crippen molar-refractivity contribution in [2.45, 2.75) is 20.3 Å². The lowest BCUT2D eigenvalue weighted by molar-refractivity contribution is -0.120. The maximum absolute atomic E-state index is 12.0. The second-order valence-corrected chi connectivity index (χ2v) is 5.32. The van der Waals surface area contributed by atoms with Gasteiger partial charge >= 0.3 is 0 Å². The number of ether oxygens (including phenoxy) is 1. The zero-order chi connectivity index (χ0) is 16.8. The van der Waals surface area contributed by atoms with E-state index in [2.05, 4.69) is 10.5 Å². The van der Waals surface area contributed by atoms with Crippen LogP contribution in [-0.2, 0) is 11.2 Å². The van der Waals surface area contributed by atoms with Crippen LogP contribution in [0.4, 0.5) is 0 Å². The van der Waals surface area contributed by atoms with Gasteiger partial charge in [0.15, 0.2) is 0 Å². The van der Waals surface area contributed by atoms with E-state index in [9.17, 15) is 9.90 Å². The number of amides is 1. The summed E-state index contributed by atoms with van der Waals surface area (Å²) in [5.41, 5.74) is 6.10. The molecular formula is C18H20N2O3. The predicted octanol–water partition coefficient (Wildman–Crippen LogP) is 2.71. The molecule has 0 aliphatic rings. The van der Waals surface area contributed by atoms with Crippen molar-refractivity contribution in [1.29, 1.82) is 0 Å². The zero-order valence-corrected chi connectivity index (χ0v) is 13.5. The predicted molar refractivity (Wildman–Crippen MR) is 90.0 cm³/mol. The lowest BCUT2D eigenvalue weighted by atomic mass is 10.0. The summed E-state index contributed by atoms with van der Waals surface area (Å²) in [6.45, 7) is 3.96. The number of nitrogens with one attached hydrogen (secondary N) is 1. The second kappa shape index (κ2) is 7.45. The molecule has 0 radical (unpaired) electrons. The highest BCUT2D eigenvalue weighted by atomic mass is 16.5. The van der Waals surface area contributed by atoms with Crippen molar-refractivity contribution in [3.05, 3.63) is 58.7 Å². The van der Waals surface area contributed by atoms with E-state index >= 15 is 0 Å². The number of phenols is 1. The number of hydrazone groups is 1. The van der Waals surface area contributed by atoms with Crippen LogP contribution in [-0.4, -0.2) is 24.3 Å². The van der Waals surface area contributed by atoms with Crippen molar-refractivity contribution in [3.8, 4) is 11.5 Å². The summed E-state index contributed by atoms with van der Waals surface area (Å²) in [6.07, 6.45) is 1.65. The molecule has 5 heteroatoms. The van der Waals surface area contributed by atoms with Gasteiger partial charge in [0, 0.05) is 5.56 Å². The monoisotopic (exact) mass is 312 g/mol. The highest BCUT2D eigenvalue weighted by Crippen LogP contribution is 2.20. The van der Waals surface area contributed by atoms with Crippen LogP contribution in [0, 0.1) is 13.8 Å². The van der Waals surface area contributed by atoms with Gasteiger partial charge in [-0.25, -0.2) is 5.43 Å². The number of carbonyl (C=O) groups is 1. The molecule has 0 spiro atoms. The second-order valence-electron chi connectivity index (χ2n) is 5.32. The number of benzene rings is 2. The molecule has 23 heavy (non-hydrogen) atoms. The van der Waals surface area contributed by atoms with Crippen molar-refractivity contribution in [2.24, 2.45) is 5.10 Å². The highest BCUT2D eigenvalue weighted by molar-refractivity contribution is 5.86. The molecule has 2 aromatic carbocycles. The van der Waals surface area contributed by atoms with Crippen LogP contribution in [0.3, 0.4) is 0 Å². The van der Waals surface area contributed by atoms with Gasteiger partial charge in [-0.3, -0.25) is 4.79 Å². The first-order valence-corrected chi connectivity index (χ1v) is 7.24. The molecule has 0 heterocycles. The minimum atomic E-state index is -0.211. The Balaban J connectivity index is 2.00. The fraction of sp³-hybridized carbons (Fsp3) is 0.222. The average Bonchev–Trinajstić information content (AvgIpc) is 2.52. The maximum Gasteiger partial charge on any atom is 0.244 e. The Hall–Kier alpha value is -2.82. The van der Waals surface area contributed by atoms with Crippen molar-refractivity contribution in [3.63, 3.8) is 0 Å². The molecule has 0 bridgehead atoms. The number of methoxy groups -OCH3 is 1. The topological polar surface area (TPSA) is 70.9 Å². The first-order chi connectivity index (χ1) is 11.0. The highest BCUT2D eigenvalue weighted by Gasteiger charge is 2.06. The zero-order valence-electron chi connectivity index (χ0n) is 13.5. The molecular weight excluding hydrogens is 292 g/mol. The third-order valence-electron chi connectivity index (χ3n) is 3.48. The Kier molecular flexibility index (Phi) is 5.36. The fourth-order valence-electron chi connectivity index (χ4n) is 2.14. The van der Waals surface area contributed by atoms with Gasteiger partial charge in [0.2, 0.25) is 5.91 Å². The number of phenolic OH excluding ortho intramolecular Hbond substituents is 1. The number of aromatic hydroxyl groups is 1. The third-order valence-corrected chi connectivity index (χ3v) is 3.48. The summed E-state index contributed by atoms with van der Waals surface area (Å²) in [7, 11) is 1.54. The Labute approximate surface area is 135 Å². The molecule has 0 aliphatic heterocycles. The summed E-state index contributed by atoms with van der Waals surface area (Å²) in [5.74, 6) is 0.460. The van der Waals surface area contributed by atoms with Crippen LogP contribution in [0.1, 0.15) is 22.3 Å². The van der Waals surface area contributed by atoms with Crippen molar-refractivity contribution in [2.75, 3.05) is 7.11 Å². The van der Waals surface area contributed by atoms with E-state index in [1.54, 1.807) is 19.2 Å². The van der Waals surface area contributed by atoms with E-state index in [-0.39, 0.29) is 18.1 Å². The number of rotatable bonds is 5. The van der Waals surface area contributed by atoms with Crippen LogP contribution in [0.15, 0.2) is 41.5 Å². The fourth-order valence-corrected chi connectivity index (χ4v) is 2.14. The largest absolute Gasteiger partial charge is 0.507 e. The summed E-state index contributed by atoms with van der Waals surface area (Å²) in [5, 5.41) is 13.6. The standard InChI is InChI=1S/C18H20N2O3/c1-12-4-5-13(2)14(8-12)10-18(22)20-19-11-15-9-16(23-3)6-7-17(15)21/h4-9,11,21H,10H2,1-3H3,(H,20,22)/b19-11+. The number of aryl methyl sites for hydroxylation is 2. The van der Waals surface area contributed by atoms with Gasteiger partial charge in [0.05, 0.1) is 19.7 Å². The van der Waals surface area contributed by atoms with Gasteiger partial charge in [-0.1, -0.05) is 23.8 Å². The minimum absolute atomic E-state index is 0.0679. The number of carbonyl (C=O) groups excluding carboxylic acids is 1. The van der Waals surface area contributed by atoms with E-state index in [1.807, 2.05) is 32.0 Å². The summed E-state index contributed by atoms with van der Waals surface area (Å²) in [4.78, 5) is 12.0. The van der Waals surface area contributed by atoms with E-state index in [4.69, 9.17) is 4.74 Å². The molecule has 0 unspecified atom stereocenters. The lowest BCUT2D eigenvalue weighted by Crippen LogP contribution is -2.20. The Bertz CT molecular complexity index is 739. The number of nitrogens with zero attached hydrogens (tertiary/aromatic N) is 1. The molecule has 2 rings (SSSR count). The van der Waals surface area contributed by atoms with Crippen LogP contribution in [0.5, 0.6) is 11.5 Å². The average molecular weight is 312 g/mol. The Morgan fingerprint density at radius 3 is 2.78 bits per heavy atom. The summed E-state index contributed by atoms with van der Waals surface area (Å²) < 4.78 is 5.08. The van der Waals surface area contributed by atoms with Gasteiger partial charge in [-0.05, 0) is 43.2 Å². The third kappa shape index (κ3) is 4.57. The molecule has 0 saturated heterocycles. The first kappa shape index (κ1) is 16.5. The van der Waals surface area contributed by atoms with Gasteiger partial charge in [-0.15, -0.1) is 0 Å². The van der Waals surface area contributed by atoms with Crippen molar-refractivity contribution < 1.29 is 14.6 Å². The summed E-state index contributed by atoms with van der Waals surface area (Å²) in [6, 6.07) is 10.8. The van der Waals surface area contributed by atoms with Crippen LogP contribution in [0.2, 0.25) is 0 Å².